The Morgan fingerprint density at radius 3 is 2.44 bits per heavy atom. The minimum atomic E-state index is -1.48. The molecule has 1 N–H and O–H groups in total. The molecule has 1 spiro atoms. The van der Waals surface area contributed by atoms with Gasteiger partial charge in [-0.1, -0.05) is 27.2 Å². The highest BCUT2D eigenvalue weighted by molar-refractivity contribution is 5.85. The fourth-order valence-electron chi connectivity index (χ4n) is 7.42. The Bertz CT molecular complexity index is 1040. The second-order valence-corrected chi connectivity index (χ2v) is 12.3. The zero-order chi connectivity index (χ0) is 28.8. The number of fused-ring (bicyclic) bond motifs is 2. The third kappa shape index (κ3) is 4.99. The molecule has 218 valence electrons. The number of ether oxygens (including phenoxy) is 5. The zero-order valence-corrected chi connectivity index (χ0v) is 23.9. The molecular weight excluding hydrogens is 508 g/mol. The van der Waals surface area contributed by atoms with E-state index in [1.54, 1.807) is 13.8 Å². The van der Waals surface area contributed by atoms with Crippen LogP contribution < -0.4 is 0 Å². The highest BCUT2D eigenvalue weighted by Crippen LogP contribution is 2.70. The normalized spacial score (nSPS) is 38.6. The summed E-state index contributed by atoms with van der Waals surface area (Å²) in [5, 5.41) is 12.3. The number of carbonyl (C=O) groups excluding carboxylic acids is 4. The molecule has 0 radical (unpaired) electrons. The molecule has 39 heavy (non-hydrogen) atoms. The average Bonchev–Trinajstić information content (AvgIpc) is 3.51. The van der Waals surface area contributed by atoms with Gasteiger partial charge in [0.15, 0.2) is 0 Å². The lowest BCUT2D eigenvalue weighted by atomic mass is 9.41. The summed E-state index contributed by atoms with van der Waals surface area (Å²) in [6, 6.07) is 0. The minimum absolute atomic E-state index is 0.0286. The monoisotopic (exact) mass is 550 g/mol. The van der Waals surface area contributed by atoms with E-state index in [4.69, 9.17) is 23.7 Å². The fraction of sp³-hybridized carbons (Fsp3) is 0.793. The number of hydrogen-bond donors (Lipinski definition) is 1. The first-order chi connectivity index (χ1) is 18.2. The van der Waals surface area contributed by atoms with E-state index in [9.17, 15) is 24.3 Å². The van der Waals surface area contributed by atoms with E-state index < -0.39 is 58.1 Å². The summed E-state index contributed by atoms with van der Waals surface area (Å²) >= 11 is 0. The van der Waals surface area contributed by atoms with Crippen LogP contribution in [0.4, 0.5) is 0 Å². The summed E-state index contributed by atoms with van der Waals surface area (Å²) in [4.78, 5) is 49.6. The van der Waals surface area contributed by atoms with Gasteiger partial charge in [0, 0.05) is 38.2 Å². The number of aliphatic hydroxyl groups is 1. The van der Waals surface area contributed by atoms with Gasteiger partial charge in [0.05, 0.1) is 23.5 Å². The average molecular weight is 551 g/mol. The molecule has 0 aromatic carbocycles. The topological polar surface area (TPSA) is 138 Å². The maximum atomic E-state index is 13.2. The molecule has 0 aromatic rings. The molecule has 10 nitrogen and oxygen atoms in total. The Morgan fingerprint density at radius 2 is 1.90 bits per heavy atom. The smallest absolute Gasteiger partial charge is 0.331 e. The predicted octanol–water partition coefficient (Wildman–Crippen LogP) is 3.03. The first-order valence-electron chi connectivity index (χ1n) is 14.0. The van der Waals surface area contributed by atoms with Crippen molar-refractivity contribution in [1.82, 2.24) is 0 Å². The van der Waals surface area contributed by atoms with E-state index in [0.717, 1.165) is 6.42 Å². The van der Waals surface area contributed by atoms with Crippen LogP contribution in [0.2, 0.25) is 0 Å². The largest absolute Gasteiger partial charge is 0.465 e. The standard InChI is InChI=1S/C29H42O10/c1-7-17(2)25(33)39-23-13-26(5,34)27(6,22(38-19(4)31)11-20-12-24(32)35-14-20)21-9-8-10-28(15-37-28)29(21,23)16-36-18(3)30/h12,17,21-23,34H,7-11,13-16H2,1-6H3/t17-,21-,22+,23+,26+,27+,28+,29+/m1/s1. The molecule has 4 aliphatic rings. The quantitative estimate of drug-likeness (QED) is 0.259. The summed E-state index contributed by atoms with van der Waals surface area (Å²) in [6.45, 7) is 10.3. The highest BCUT2D eigenvalue weighted by Gasteiger charge is 2.78. The molecule has 0 amide bonds. The van der Waals surface area contributed by atoms with Crippen LogP contribution in [0.15, 0.2) is 11.6 Å². The number of cyclic esters (lactones) is 1. The van der Waals surface area contributed by atoms with Crippen LogP contribution in [-0.4, -0.2) is 72.2 Å². The molecule has 2 saturated carbocycles. The highest BCUT2D eigenvalue weighted by atomic mass is 16.6. The third-order valence-corrected chi connectivity index (χ3v) is 10.0. The SMILES string of the molecule is CC[C@@H](C)C(=O)O[C@H]1C[C@](C)(O)[C@](C)([C@H](CC2=CC(=O)OC2)OC(C)=O)[C@H]2CCC[C@]3(CO3)[C@]12COC(C)=O. The summed E-state index contributed by atoms with van der Waals surface area (Å²) in [6.07, 6.45) is 2.61. The van der Waals surface area contributed by atoms with Gasteiger partial charge in [-0.2, -0.15) is 0 Å². The Kier molecular flexibility index (Phi) is 7.95. The van der Waals surface area contributed by atoms with Gasteiger partial charge in [-0.25, -0.2) is 4.79 Å². The van der Waals surface area contributed by atoms with Crippen molar-refractivity contribution >= 4 is 23.9 Å². The Hall–Kier alpha value is -2.46. The number of rotatable bonds is 9. The van der Waals surface area contributed by atoms with Gasteiger partial charge in [0.25, 0.3) is 0 Å². The Balaban J connectivity index is 1.87. The number of hydrogen-bond acceptors (Lipinski definition) is 10. The lowest BCUT2D eigenvalue weighted by molar-refractivity contribution is -0.288. The molecule has 4 rings (SSSR count). The molecule has 0 unspecified atom stereocenters. The van der Waals surface area contributed by atoms with Crippen molar-refractivity contribution in [3.8, 4) is 0 Å². The van der Waals surface area contributed by atoms with Crippen LogP contribution in [-0.2, 0) is 42.9 Å². The van der Waals surface area contributed by atoms with Gasteiger partial charge in [-0.05, 0) is 37.7 Å². The minimum Gasteiger partial charge on any atom is -0.465 e. The van der Waals surface area contributed by atoms with Crippen molar-refractivity contribution in [3.05, 3.63) is 11.6 Å². The predicted molar refractivity (Wildman–Crippen MR) is 137 cm³/mol. The van der Waals surface area contributed by atoms with Gasteiger partial charge < -0.3 is 28.8 Å². The van der Waals surface area contributed by atoms with Gasteiger partial charge in [-0.3, -0.25) is 14.4 Å². The van der Waals surface area contributed by atoms with E-state index in [-0.39, 0.29) is 37.9 Å². The van der Waals surface area contributed by atoms with Crippen molar-refractivity contribution < 1.29 is 48.0 Å². The van der Waals surface area contributed by atoms with E-state index in [2.05, 4.69) is 0 Å². The maximum absolute atomic E-state index is 13.2. The van der Waals surface area contributed by atoms with E-state index in [0.29, 0.717) is 31.4 Å². The third-order valence-electron chi connectivity index (χ3n) is 10.0. The van der Waals surface area contributed by atoms with E-state index in [1.165, 1.54) is 19.9 Å². The van der Waals surface area contributed by atoms with Gasteiger partial charge in [0.2, 0.25) is 0 Å². The number of epoxide rings is 1. The number of carbonyl (C=O) groups is 4. The molecule has 1 saturated heterocycles. The van der Waals surface area contributed by atoms with Crippen molar-refractivity contribution in [3.63, 3.8) is 0 Å². The molecule has 10 heteroatoms. The maximum Gasteiger partial charge on any atom is 0.331 e. The molecule has 2 heterocycles. The Morgan fingerprint density at radius 1 is 1.21 bits per heavy atom. The molecular formula is C29H42O10. The second kappa shape index (κ2) is 10.5. The van der Waals surface area contributed by atoms with Gasteiger partial charge >= 0.3 is 23.9 Å². The van der Waals surface area contributed by atoms with Gasteiger partial charge in [-0.15, -0.1) is 0 Å². The van der Waals surface area contributed by atoms with Crippen molar-refractivity contribution in [1.29, 1.82) is 0 Å². The van der Waals surface area contributed by atoms with Crippen molar-refractivity contribution in [2.24, 2.45) is 22.7 Å². The molecule has 2 aliphatic heterocycles. The molecule has 0 bridgehead atoms. The van der Waals surface area contributed by atoms with Crippen LogP contribution in [0.3, 0.4) is 0 Å². The van der Waals surface area contributed by atoms with Crippen LogP contribution in [0.25, 0.3) is 0 Å². The first kappa shape index (κ1) is 29.5. The van der Waals surface area contributed by atoms with E-state index >= 15 is 0 Å². The van der Waals surface area contributed by atoms with Crippen LogP contribution in [0.1, 0.15) is 80.1 Å². The van der Waals surface area contributed by atoms with Crippen LogP contribution in [0.5, 0.6) is 0 Å². The lowest BCUT2D eigenvalue weighted by Gasteiger charge is -2.66. The fourth-order valence-corrected chi connectivity index (χ4v) is 7.42. The summed E-state index contributed by atoms with van der Waals surface area (Å²) < 4.78 is 29.1. The zero-order valence-electron chi connectivity index (χ0n) is 23.9. The van der Waals surface area contributed by atoms with Crippen molar-refractivity contribution in [2.45, 2.75) is 103 Å². The first-order valence-corrected chi connectivity index (χ1v) is 14.0. The molecule has 8 atom stereocenters. The summed E-state index contributed by atoms with van der Waals surface area (Å²) in [7, 11) is 0. The second-order valence-electron chi connectivity index (χ2n) is 12.3. The van der Waals surface area contributed by atoms with Crippen molar-refractivity contribution in [2.75, 3.05) is 19.8 Å². The lowest BCUT2D eigenvalue weighted by Crippen LogP contribution is -2.74. The van der Waals surface area contributed by atoms with E-state index in [1.807, 2.05) is 13.8 Å². The summed E-state index contributed by atoms with van der Waals surface area (Å²) in [5.74, 6) is -2.62. The van der Waals surface area contributed by atoms with Gasteiger partial charge in [0.1, 0.15) is 31.0 Å². The van der Waals surface area contributed by atoms with Crippen LogP contribution >= 0.6 is 0 Å². The van der Waals surface area contributed by atoms with Crippen LogP contribution in [0, 0.1) is 22.7 Å². The molecule has 2 aliphatic carbocycles. The molecule has 0 aromatic heterocycles. The Labute approximate surface area is 229 Å². The molecule has 3 fully saturated rings. The number of esters is 4. The summed E-state index contributed by atoms with van der Waals surface area (Å²) in [5.41, 5.74) is -3.60.